The molecule has 0 atom stereocenters. The molecule has 4 nitrogen and oxygen atoms in total. The molecule has 0 aliphatic carbocycles. The number of ether oxygens (including phenoxy) is 1. The monoisotopic (exact) mass is 199 g/mol. The van der Waals surface area contributed by atoms with Crippen LogP contribution in [0.4, 0.5) is 5.13 Å². The molecule has 1 aromatic heterocycles. The van der Waals surface area contributed by atoms with Gasteiger partial charge in [0.25, 0.3) is 0 Å². The molecule has 0 aromatic carbocycles. The fourth-order valence-corrected chi connectivity index (χ4v) is 2.19. The lowest BCUT2D eigenvalue weighted by Crippen LogP contribution is -2.17. The lowest BCUT2D eigenvalue weighted by molar-refractivity contribution is 0.179. The van der Waals surface area contributed by atoms with Crippen molar-refractivity contribution in [3.05, 3.63) is 5.82 Å². The first kappa shape index (κ1) is 8.90. The number of anilines is 1. The minimum atomic E-state index is 0.518. The zero-order valence-electron chi connectivity index (χ0n) is 7.69. The summed E-state index contributed by atoms with van der Waals surface area (Å²) in [5.41, 5.74) is 0. The second-order valence-corrected chi connectivity index (χ2v) is 3.85. The first-order valence-electron chi connectivity index (χ1n) is 4.46. The number of aromatic nitrogens is 2. The summed E-state index contributed by atoms with van der Waals surface area (Å²) in [4.78, 5) is 6.68. The van der Waals surface area contributed by atoms with Crippen molar-refractivity contribution < 1.29 is 4.74 Å². The molecule has 0 N–H and O–H groups in total. The summed E-state index contributed by atoms with van der Waals surface area (Å²) < 4.78 is 9.18. The van der Waals surface area contributed by atoms with Crippen LogP contribution >= 0.6 is 11.5 Å². The summed E-state index contributed by atoms with van der Waals surface area (Å²) in [7, 11) is 1.66. The van der Waals surface area contributed by atoms with E-state index in [-0.39, 0.29) is 0 Å². The Hall–Kier alpha value is -0.680. The molecule has 72 valence electrons. The van der Waals surface area contributed by atoms with Crippen LogP contribution in [-0.4, -0.2) is 29.6 Å². The normalized spacial score (nSPS) is 16.8. The van der Waals surface area contributed by atoms with Gasteiger partial charge in [0.05, 0.1) is 0 Å². The van der Waals surface area contributed by atoms with Gasteiger partial charge in [-0.15, -0.1) is 0 Å². The average Bonchev–Trinajstić information content (AvgIpc) is 2.70. The summed E-state index contributed by atoms with van der Waals surface area (Å²) in [6, 6.07) is 0. The largest absolute Gasteiger partial charge is 0.377 e. The van der Waals surface area contributed by atoms with Gasteiger partial charge in [0.1, 0.15) is 6.61 Å². The Balaban J connectivity index is 2.03. The van der Waals surface area contributed by atoms with Crippen molar-refractivity contribution in [3.8, 4) is 0 Å². The highest BCUT2D eigenvalue weighted by atomic mass is 32.1. The van der Waals surface area contributed by atoms with Crippen molar-refractivity contribution in [1.29, 1.82) is 0 Å². The molecule has 1 fully saturated rings. The van der Waals surface area contributed by atoms with Gasteiger partial charge in [0.15, 0.2) is 5.82 Å². The second-order valence-electron chi connectivity index (χ2n) is 3.12. The summed E-state index contributed by atoms with van der Waals surface area (Å²) in [5.74, 6) is 0.800. The maximum atomic E-state index is 4.97. The van der Waals surface area contributed by atoms with Gasteiger partial charge in [-0.25, -0.2) is 4.98 Å². The van der Waals surface area contributed by atoms with Crippen molar-refractivity contribution in [2.24, 2.45) is 0 Å². The SMILES string of the molecule is COCc1nsc(N2CCCC2)n1. The summed E-state index contributed by atoms with van der Waals surface area (Å²) in [5, 5.41) is 1.05. The van der Waals surface area contributed by atoms with Crippen LogP contribution in [0.2, 0.25) is 0 Å². The van der Waals surface area contributed by atoms with Crippen LogP contribution in [0.3, 0.4) is 0 Å². The van der Waals surface area contributed by atoms with Crippen LogP contribution in [0.25, 0.3) is 0 Å². The van der Waals surface area contributed by atoms with Gasteiger partial charge in [-0.1, -0.05) is 0 Å². The Morgan fingerprint density at radius 3 is 2.92 bits per heavy atom. The minimum absolute atomic E-state index is 0.518. The quantitative estimate of drug-likeness (QED) is 0.735. The molecule has 1 aliphatic rings. The van der Waals surface area contributed by atoms with Crippen LogP contribution in [-0.2, 0) is 11.3 Å². The molecule has 1 aliphatic heterocycles. The van der Waals surface area contributed by atoms with E-state index in [1.165, 1.54) is 24.4 Å². The van der Waals surface area contributed by atoms with Crippen molar-refractivity contribution in [1.82, 2.24) is 9.36 Å². The standard InChI is InChI=1S/C8H13N3OS/c1-12-6-7-9-8(13-10-7)11-4-2-3-5-11/h2-6H2,1H3. The lowest BCUT2D eigenvalue weighted by Gasteiger charge is -2.11. The van der Waals surface area contributed by atoms with Crippen LogP contribution in [0.15, 0.2) is 0 Å². The van der Waals surface area contributed by atoms with Crippen molar-refractivity contribution in [2.45, 2.75) is 19.4 Å². The van der Waals surface area contributed by atoms with E-state index in [9.17, 15) is 0 Å². The minimum Gasteiger partial charge on any atom is -0.377 e. The highest BCUT2D eigenvalue weighted by Gasteiger charge is 2.16. The highest BCUT2D eigenvalue weighted by molar-refractivity contribution is 7.09. The first-order chi connectivity index (χ1) is 6.40. The molecule has 5 heteroatoms. The fourth-order valence-electron chi connectivity index (χ4n) is 1.47. The predicted octanol–water partition coefficient (Wildman–Crippen LogP) is 1.28. The van der Waals surface area contributed by atoms with Gasteiger partial charge in [0, 0.05) is 31.7 Å². The van der Waals surface area contributed by atoms with Gasteiger partial charge in [-0.2, -0.15) is 4.37 Å². The van der Waals surface area contributed by atoms with E-state index in [4.69, 9.17) is 4.74 Å². The highest BCUT2D eigenvalue weighted by Crippen LogP contribution is 2.21. The Kier molecular flexibility index (Phi) is 2.75. The molecular formula is C8H13N3OS. The zero-order valence-corrected chi connectivity index (χ0v) is 8.51. The Morgan fingerprint density at radius 2 is 2.23 bits per heavy atom. The summed E-state index contributed by atoms with van der Waals surface area (Å²) >= 11 is 1.47. The molecule has 13 heavy (non-hydrogen) atoms. The third kappa shape index (κ3) is 1.97. The maximum Gasteiger partial charge on any atom is 0.205 e. The fraction of sp³-hybridized carbons (Fsp3) is 0.750. The molecule has 2 heterocycles. The van der Waals surface area contributed by atoms with Crippen LogP contribution < -0.4 is 4.90 Å². The third-order valence-electron chi connectivity index (χ3n) is 2.11. The molecule has 0 bridgehead atoms. The number of hydrogen-bond acceptors (Lipinski definition) is 5. The Labute approximate surface area is 81.7 Å². The van der Waals surface area contributed by atoms with E-state index in [0.717, 1.165) is 24.0 Å². The van der Waals surface area contributed by atoms with Crippen molar-refractivity contribution in [3.63, 3.8) is 0 Å². The third-order valence-corrected chi connectivity index (χ3v) is 2.92. The lowest BCUT2D eigenvalue weighted by atomic mass is 10.4. The van der Waals surface area contributed by atoms with Gasteiger partial charge < -0.3 is 9.64 Å². The van der Waals surface area contributed by atoms with E-state index >= 15 is 0 Å². The van der Waals surface area contributed by atoms with Gasteiger partial charge in [-0.3, -0.25) is 0 Å². The molecule has 1 aromatic rings. The zero-order chi connectivity index (χ0) is 9.10. The molecule has 0 amide bonds. The Bertz CT molecular complexity index is 270. The number of methoxy groups -OCH3 is 1. The van der Waals surface area contributed by atoms with Crippen molar-refractivity contribution >= 4 is 16.7 Å². The first-order valence-corrected chi connectivity index (χ1v) is 5.24. The van der Waals surface area contributed by atoms with E-state index in [2.05, 4.69) is 14.3 Å². The number of nitrogens with zero attached hydrogens (tertiary/aromatic N) is 3. The van der Waals surface area contributed by atoms with Crippen LogP contribution in [0.5, 0.6) is 0 Å². The van der Waals surface area contributed by atoms with Gasteiger partial charge in [-0.05, 0) is 12.8 Å². The molecule has 1 saturated heterocycles. The van der Waals surface area contributed by atoms with E-state index in [1.807, 2.05) is 0 Å². The van der Waals surface area contributed by atoms with Crippen LogP contribution in [0.1, 0.15) is 18.7 Å². The smallest absolute Gasteiger partial charge is 0.205 e. The average molecular weight is 199 g/mol. The Morgan fingerprint density at radius 1 is 1.46 bits per heavy atom. The molecule has 2 rings (SSSR count). The molecular weight excluding hydrogens is 186 g/mol. The predicted molar refractivity (Wildman–Crippen MR) is 52.1 cm³/mol. The van der Waals surface area contributed by atoms with E-state index < -0.39 is 0 Å². The topological polar surface area (TPSA) is 38.2 Å². The molecule has 0 spiro atoms. The summed E-state index contributed by atoms with van der Waals surface area (Å²) in [6.45, 7) is 2.77. The maximum absolute atomic E-state index is 4.97. The molecule has 0 saturated carbocycles. The second kappa shape index (κ2) is 4.02. The van der Waals surface area contributed by atoms with E-state index in [1.54, 1.807) is 7.11 Å². The number of rotatable bonds is 3. The number of hydrogen-bond donors (Lipinski definition) is 0. The molecule has 0 unspecified atom stereocenters. The van der Waals surface area contributed by atoms with Crippen LogP contribution in [0, 0.1) is 0 Å². The summed E-state index contributed by atoms with van der Waals surface area (Å²) in [6.07, 6.45) is 2.55. The van der Waals surface area contributed by atoms with Crippen molar-refractivity contribution in [2.75, 3.05) is 25.1 Å². The van der Waals surface area contributed by atoms with E-state index in [0.29, 0.717) is 6.61 Å². The van der Waals surface area contributed by atoms with Gasteiger partial charge in [0.2, 0.25) is 5.13 Å². The molecule has 0 radical (unpaired) electrons. The van der Waals surface area contributed by atoms with Gasteiger partial charge >= 0.3 is 0 Å².